The molecule has 0 saturated carbocycles. The van der Waals surface area contributed by atoms with Crippen LogP contribution in [0, 0.1) is 0 Å². The van der Waals surface area contributed by atoms with Gasteiger partial charge in [0.05, 0.1) is 0 Å². The van der Waals surface area contributed by atoms with E-state index in [1.807, 2.05) is 0 Å². The van der Waals surface area contributed by atoms with Crippen molar-refractivity contribution in [3.8, 4) is 0 Å². The zero-order valence-electron chi connectivity index (χ0n) is 14.9. The molecule has 2 heteroatoms. The van der Waals surface area contributed by atoms with Gasteiger partial charge in [0.15, 0.2) is 0 Å². The molecule has 0 spiro atoms. The summed E-state index contributed by atoms with van der Waals surface area (Å²) in [5.41, 5.74) is 4.49. The van der Waals surface area contributed by atoms with Crippen LogP contribution in [-0.4, -0.2) is 6.16 Å². The standard InChI is InChI=1S/C23H27P.ClH/c1-2-24(18-21-12-6-3-7-13-21,19-22-14-8-4-9-15-22)20-23-16-10-5-11-17-23;/h3-17,24H,2,18-20H2,1H3;1H. The Labute approximate surface area is 159 Å². The molecule has 3 aromatic rings. The van der Waals surface area contributed by atoms with E-state index in [4.69, 9.17) is 0 Å². The van der Waals surface area contributed by atoms with Crippen molar-refractivity contribution in [2.24, 2.45) is 0 Å². The van der Waals surface area contributed by atoms with Gasteiger partial charge in [-0.3, -0.25) is 0 Å². The predicted octanol–water partition coefficient (Wildman–Crippen LogP) is 6.78. The van der Waals surface area contributed by atoms with Gasteiger partial charge in [-0.15, -0.1) is 12.4 Å². The normalized spacial score (nSPS) is 11.6. The van der Waals surface area contributed by atoms with E-state index >= 15 is 0 Å². The van der Waals surface area contributed by atoms with E-state index in [1.165, 1.54) is 41.3 Å². The van der Waals surface area contributed by atoms with Crippen LogP contribution >= 0.6 is 19.7 Å². The van der Waals surface area contributed by atoms with Gasteiger partial charge in [-0.1, -0.05) is 0 Å². The minimum Gasteiger partial charge on any atom is -0.147 e. The fourth-order valence-corrected chi connectivity index (χ4v) is 8.08. The molecule has 0 aliphatic rings. The zero-order chi connectivity index (χ0) is 16.7. The van der Waals surface area contributed by atoms with E-state index in [0.717, 1.165) is 0 Å². The molecule has 3 aromatic carbocycles. The average molecular weight is 371 g/mol. The van der Waals surface area contributed by atoms with Crippen LogP contribution in [0.2, 0.25) is 0 Å². The molecule has 0 heterocycles. The molecular weight excluding hydrogens is 343 g/mol. The van der Waals surface area contributed by atoms with Gasteiger partial charge >= 0.3 is 147 Å². The first-order valence-corrected chi connectivity index (χ1v) is 11.7. The summed E-state index contributed by atoms with van der Waals surface area (Å²) in [6, 6.07) is 33.2. The quantitative estimate of drug-likeness (QED) is 0.402. The van der Waals surface area contributed by atoms with Crippen molar-refractivity contribution in [3.63, 3.8) is 0 Å². The minimum atomic E-state index is -1.49. The first-order valence-electron chi connectivity index (χ1n) is 8.91. The zero-order valence-corrected chi connectivity index (χ0v) is 16.7. The van der Waals surface area contributed by atoms with Gasteiger partial charge in [-0.05, 0) is 0 Å². The molecular formula is C23H28ClP. The molecule has 0 aliphatic heterocycles. The van der Waals surface area contributed by atoms with Crippen molar-refractivity contribution in [1.82, 2.24) is 0 Å². The van der Waals surface area contributed by atoms with Crippen LogP contribution in [0.4, 0.5) is 0 Å². The number of rotatable bonds is 7. The van der Waals surface area contributed by atoms with E-state index < -0.39 is 7.26 Å². The maximum Gasteiger partial charge on any atom is -0.147 e. The third kappa shape index (κ3) is 5.70. The van der Waals surface area contributed by atoms with E-state index in [1.54, 1.807) is 0 Å². The van der Waals surface area contributed by atoms with Crippen molar-refractivity contribution in [1.29, 1.82) is 0 Å². The Morgan fingerprint density at radius 1 is 0.520 bits per heavy atom. The molecule has 25 heavy (non-hydrogen) atoms. The fraction of sp³-hybridized carbons (Fsp3) is 0.217. The second kappa shape index (κ2) is 9.76. The Bertz CT molecular complexity index is 624. The maximum atomic E-state index is 2.40. The summed E-state index contributed by atoms with van der Waals surface area (Å²) in [6.07, 6.45) is 5.09. The molecule has 0 radical (unpaired) electrons. The Kier molecular flexibility index (Phi) is 7.69. The van der Waals surface area contributed by atoms with Crippen molar-refractivity contribution in [2.45, 2.75) is 25.4 Å². The molecule has 0 saturated heterocycles. The second-order valence-corrected chi connectivity index (χ2v) is 11.6. The predicted molar refractivity (Wildman–Crippen MR) is 117 cm³/mol. The molecule has 0 unspecified atom stereocenters. The molecule has 3 rings (SSSR count). The van der Waals surface area contributed by atoms with Gasteiger partial charge in [-0.25, -0.2) is 0 Å². The van der Waals surface area contributed by atoms with Gasteiger partial charge in [0.1, 0.15) is 0 Å². The van der Waals surface area contributed by atoms with Gasteiger partial charge < -0.3 is 0 Å². The van der Waals surface area contributed by atoms with Crippen LogP contribution < -0.4 is 0 Å². The maximum absolute atomic E-state index is 2.40. The Morgan fingerprint density at radius 3 is 1.04 bits per heavy atom. The first kappa shape index (κ1) is 19.7. The van der Waals surface area contributed by atoms with E-state index in [-0.39, 0.29) is 12.4 Å². The van der Waals surface area contributed by atoms with Gasteiger partial charge in [0, 0.05) is 0 Å². The average Bonchev–Trinajstić information content (AvgIpc) is 2.64. The van der Waals surface area contributed by atoms with Crippen LogP contribution in [0.1, 0.15) is 23.6 Å². The Balaban J connectivity index is 0.00000225. The number of hydrogen-bond donors (Lipinski definition) is 0. The second-order valence-electron chi connectivity index (χ2n) is 6.84. The molecule has 0 atom stereocenters. The van der Waals surface area contributed by atoms with Crippen LogP contribution in [0.3, 0.4) is 0 Å². The summed E-state index contributed by atoms with van der Waals surface area (Å²) >= 11 is 0. The molecule has 0 amide bonds. The molecule has 0 aliphatic carbocycles. The van der Waals surface area contributed by atoms with Crippen molar-refractivity contribution >= 4 is 19.7 Å². The summed E-state index contributed by atoms with van der Waals surface area (Å²) in [4.78, 5) is 0. The number of halogens is 1. The summed E-state index contributed by atoms with van der Waals surface area (Å²) < 4.78 is 0. The first-order chi connectivity index (χ1) is 11.8. The molecule has 0 N–H and O–H groups in total. The van der Waals surface area contributed by atoms with Gasteiger partial charge in [0.25, 0.3) is 0 Å². The smallest absolute Gasteiger partial charge is 0.147 e. The topological polar surface area (TPSA) is 0 Å². The van der Waals surface area contributed by atoms with E-state index in [0.29, 0.717) is 0 Å². The molecule has 0 bridgehead atoms. The van der Waals surface area contributed by atoms with Crippen molar-refractivity contribution in [2.75, 3.05) is 6.16 Å². The Morgan fingerprint density at radius 2 is 0.800 bits per heavy atom. The van der Waals surface area contributed by atoms with Crippen LogP contribution in [0.5, 0.6) is 0 Å². The van der Waals surface area contributed by atoms with Gasteiger partial charge in [0.2, 0.25) is 0 Å². The van der Waals surface area contributed by atoms with E-state index in [2.05, 4.69) is 97.9 Å². The van der Waals surface area contributed by atoms with E-state index in [9.17, 15) is 0 Å². The SMILES string of the molecule is CC[PH](Cc1ccccc1)(Cc1ccccc1)Cc1ccccc1.Cl. The van der Waals surface area contributed by atoms with Crippen LogP contribution in [0.25, 0.3) is 0 Å². The largest absolute Gasteiger partial charge is 0.147 e. The molecule has 0 nitrogen and oxygen atoms in total. The molecule has 0 aromatic heterocycles. The summed E-state index contributed by atoms with van der Waals surface area (Å²) in [5.74, 6) is 0. The fourth-order valence-electron chi connectivity index (χ4n) is 3.65. The third-order valence-electron chi connectivity index (χ3n) is 5.02. The summed E-state index contributed by atoms with van der Waals surface area (Å²) in [6.45, 7) is 2.40. The molecule has 132 valence electrons. The number of hydrogen-bond acceptors (Lipinski definition) is 0. The summed E-state index contributed by atoms with van der Waals surface area (Å²) in [5, 5.41) is 0. The van der Waals surface area contributed by atoms with Crippen LogP contribution in [0.15, 0.2) is 91.0 Å². The number of benzene rings is 3. The van der Waals surface area contributed by atoms with Gasteiger partial charge in [-0.2, -0.15) is 0 Å². The van der Waals surface area contributed by atoms with Crippen LogP contribution in [-0.2, 0) is 18.5 Å². The van der Waals surface area contributed by atoms with Crippen molar-refractivity contribution in [3.05, 3.63) is 108 Å². The molecule has 0 fully saturated rings. The Hall–Kier alpha value is -1.62. The summed E-state index contributed by atoms with van der Waals surface area (Å²) in [7, 11) is -1.49. The third-order valence-corrected chi connectivity index (χ3v) is 9.99. The minimum absolute atomic E-state index is 0. The monoisotopic (exact) mass is 370 g/mol. The van der Waals surface area contributed by atoms with Crippen molar-refractivity contribution < 1.29 is 0 Å².